The van der Waals surface area contributed by atoms with Gasteiger partial charge in [0.25, 0.3) is 0 Å². The molecule has 0 saturated heterocycles. The van der Waals surface area contributed by atoms with Gasteiger partial charge in [0.1, 0.15) is 5.82 Å². The number of benzene rings is 2. The fourth-order valence-electron chi connectivity index (χ4n) is 11.1. The van der Waals surface area contributed by atoms with Crippen LogP contribution in [0.2, 0.25) is 0 Å². The van der Waals surface area contributed by atoms with Crippen molar-refractivity contribution in [2.45, 2.75) is 232 Å². The van der Waals surface area contributed by atoms with Gasteiger partial charge in [0.15, 0.2) is 0 Å². The first kappa shape index (κ1) is 60.2. The van der Waals surface area contributed by atoms with Crippen LogP contribution in [0, 0.1) is 80.9 Å². The minimum absolute atomic E-state index is 0.155. The third kappa shape index (κ3) is 18.1. The lowest BCUT2D eigenvalue weighted by Gasteiger charge is -2.60. The molecule has 0 aromatic heterocycles. The molecule has 0 radical (unpaired) electrons. The van der Waals surface area contributed by atoms with Crippen molar-refractivity contribution in [2.24, 2.45) is 40.4 Å². The largest absolute Gasteiger partial charge is 0.400 e. The van der Waals surface area contributed by atoms with Crippen molar-refractivity contribution in [2.75, 3.05) is 7.11 Å². The van der Waals surface area contributed by atoms with E-state index < -0.39 is 0 Å². The molecule has 0 aliphatic heterocycles. The van der Waals surface area contributed by atoms with E-state index in [9.17, 15) is 9.18 Å². The molecule has 60 heavy (non-hydrogen) atoms. The van der Waals surface area contributed by atoms with E-state index in [4.69, 9.17) is 5.11 Å². The molecule has 7 atom stereocenters. The first-order valence-electron chi connectivity index (χ1n) is 25.0. The molecular weight excluding hydrogens is 758 g/mol. The molecule has 5 heteroatoms. The summed E-state index contributed by atoms with van der Waals surface area (Å²) in [4.78, 5) is 13.9. The molecule has 2 N–H and O–H groups in total. The van der Waals surface area contributed by atoms with Gasteiger partial charge in [-0.15, -0.1) is 0 Å². The summed E-state index contributed by atoms with van der Waals surface area (Å²) in [6.07, 6.45) is 23.3. The number of unbranched alkanes of at least 4 members (excludes halogenated alkanes) is 3. The normalized spacial score (nSPS) is 25.2. The monoisotopic (exact) mass is 858 g/mol. The Balaban J connectivity index is 0. The van der Waals surface area contributed by atoms with Gasteiger partial charge in [0.05, 0.1) is 0 Å². The number of aryl methyl sites for hydroxylation is 5. The van der Waals surface area contributed by atoms with Crippen LogP contribution in [0.3, 0.4) is 0 Å². The third-order valence-corrected chi connectivity index (χ3v) is 15.2. The molecule has 7 unspecified atom stereocenters. The van der Waals surface area contributed by atoms with Crippen LogP contribution in [0.25, 0.3) is 0 Å². The molecule has 0 spiro atoms. The summed E-state index contributed by atoms with van der Waals surface area (Å²) in [6, 6.07) is 9.20. The third-order valence-electron chi connectivity index (χ3n) is 14.0. The highest BCUT2D eigenvalue weighted by Gasteiger charge is 2.59. The highest BCUT2D eigenvalue weighted by atomic mass is 32.2. The summed E-state index contributed by atoms with van der Waals surface area (Å²) in [5.74, 6) is 4.81. The van der Waals surface area contributed by atoms with E-state index in [0.29, 0.717) is 17.3 Å². The number of rotatable bonds is 9. The van der Waals surface area contributed by atoms with Gasteiger partial charge in [-0.1, -0.05) is 145 Å². The average molecular weight is 858 g/mol. The number of nitrogens with one attached hydrogen (secondary N) is 1. The maximum absolute atomic E-state index is 12.7. The van der Waals surface area contributed by atoms with Crippen molar-refractivity contribution in [1.29, 1.82) is 0 Å². The molecule has 0 heterocycles. The van der Waals surface area contributed by atoms with Crippen LogP contribution in [-0.4, -0.2) is 18.1 Å². The van der Waals surface area contributed by atoms with Crippen molar-refractivity contribution in [3.05, 3.63) is 64.0 Å². The maximum atomic E-state index is 12.7. The second-order valence-electron chi connectivity index (χ2n) is 17.4. The van der Waals surface area contributed by atoms with Crippen molar-refractivity contribution in [1.82, 2.24) is 4.72 Å². The predicted octanol–water partition coefficient (Wildman–Crippen LogP) is 17.7. The minimum atomic E-state index is -0.155. The molecule has 1 amide bonds. The van der Waals surface area contributed by atoms with E-state index in [0.717, 1.165) is 54.2 Å². The number of carbonyl (C=O) groups is 1. The van der Waals surface area contributed by atoms with Crippen LogP contribution in [-0.2, 0) is 4.79 Å². The van der Waals surface area contributed by atoms with Crippen LogP contribution in [0.15, 0.2) is 35.2 Å². The van der Waals surface area contributed by atoms with E-state index in [2.05, 4.69) is 65.3 Å². The lowest BCUT2D eigenvalue weighted by atomic mass is 9.45. The van der Waals surface area contributed by atoms with Gasteiger partial charge in [-0.2, -0.15) is 0 Å². The summed E-state index contributed by atoms with van der Waals surface area (Å²) in [7, 11) is 1.00. The highest BCUT2D eigenvalue weighted by molar-refractivity contribution is 7.98. The average Bonchev–Trinajstić information content (AvgIpc) is 3.60. The maximum Gasteiger partial charge on any atom is 0.230 e. The summed E-state index contributed by atoms with van der Waals surface area (Å²) in [5, 5.41) is 7.00. The van der Waals surface area contributed by atoms with Crippen LogP contribution in [0.1, 0.15) is 220 Å². The van der Waals surface area contributed by atoms with E-state index >= 15 is 0 Å². The zero-order valence-corrected chi connectivity index (χ0v) is 43.8. The Bertz CT molecular complexity index is 1370. The smallest absolute Gasteiger partial charge is 0.230 e. The van der Waals surface area contributed by atoms with Crippen molar-refractivity contribution in [3.63, 3.8) is 0 Å². The second kappa shape index (κ2) is 33.7. The summed E-state index contributed by atoms with van der Waals surface area (Å²) < 4.78 is 15.5. The quantitative estimate of drug-likeness (QED) is 0.195. The zero-order valence-electron chi connectivity index (χ0n) is 42.9. The van der Waals surface area contributed by atoms with E-state index in [1.54, 1.807) is 6.07 Å². The topological polar surface area (TPSA) is 49.3 Å². The fourth-order valence-corrected chi connectivity index (χ4v) is 11.8. The van der Waals surface area contributed by atoms with Gasteiger partial charge >= 0.3 is 0 Å². The number of fused-ring (bicyclic) bond motifs is 5. The van der Waals surface area contributed by atoms with Gasteiger partial charge in [-0.3, -0.25) is 9.52 Å². The summed E-state index contributed by atoms with van der Waals surface area (Å²) in [6.45, 7) is 36.1. The number of hydrogen-bond donors (Lipinski definition) is 2. The predicted molar refractivity (Wildman–Crippen MR) is 268 cm³/mol. The molecule has 4 fully saturated rings. The first-order valence-corrected chi connectivity index (χ1v) is 25.9. The molecule has 6 rings (SSSR count). The SMILES string of the molecule is CC.CC.CC.CC.CCCCCC.CO.Cc1cc(C)c(SNC(=O)CCCC2CCC3C4CCC5CCCCC5(C)C4CCC23C)c(C)c1.Cc1ccc(F)cc1C. The van der Waals surface area contributed by atoms with Gasteiger partial charge < -0.3 is 5.11 Å². The number of halogens is 1. The fraction of sp³-hybridized carbons (Fsp3) is 0.764. The van der Waals surface area contributed by atoms with Gasteiger partial charge in [0, 0.05) is 18.4 Å². The van der Waals surface area contributed by atoms with E-state index in [1.165, 1.54) is 142 Å². The minimum Gasteiger partial charge on any atom is -0.400 e. The number of amides is 1. The van der Waals surface area contributed by atoms with E-state index in [1.807, 2.05) is 69.2 Å². The summed E-state index contributed by atoms with van der Waals surface area (Å²) >= 11 is 1.51. The second-order valence-corrected chi connectivity index (χ2v) is 18.2. The molecule has 3 nitrogen and oxygen atoms in total. The lowest BCUT2D eigenvalue weighted by Crippen LogP contribution is -2.52. The molecule has 4 aliphatic rings. The number of carbonyl (C=O) groups excluding carboxylic acids is 1. The first-order chi connectivity index (χ1) is 28.8. The van der Waals surface area contributed by atoms with Crippen molar-refractivity contribution in [3.8, 4) is 0 Å². The van der Waals surface area contributed by atoms with Gasteiger partial charge in [-0.25, -0.2) is 4.39 Å². The van der Waals surface area contributed by atoms with Crippen LogP contribution in [0.5, 0.6) is 0 Å². The lowest BCUT2D eigenvalue weighted by molar-refractivity contribution is -0.119. The number of hydrogen-bond acceptors (Lipinski definition) is 3. The number of aliphatic hydroxyl groups excluding tert-OH is 1. The van der Waals surface area contributed by atoms with Crippen LogP contribution >= 0.6 is 11.9 Å². The molecule has 4 saturated carbocycles. The molecule has 2 aromatic rings. The molecule has 350 valence electrons. The highest BCUT2D eigenvalue weighted by Crippen LogP contribution is 2.67. The Morgan fingerprint density at radius 1 is 0.683 bits per heavy atom. The Labute approximate surface area is 378 Å². The Hall–Kier alpha value is -1.85. The molecule has 0 bridgehead atoms. The van der Waals surface area contributed by atoms with Crippen molar-refractivity contribution >= 4 is 17.9 Å². The Morgan fingerprint density at radius 2 is 1.25 bits per heavy atom. The van der Waals surface area contributed by atoms with Crippen molar-refractivity contribution < 1.29 is 14.3 Å². The van der Waals surface area contributed by atoms with E-state index in [-0.39, 0.29) is 11.7 Å². The van der Waals surface area contributed by atoms with Crippen LogP contribution < -0.4 is 4.72 Å². The molecule has 4 aliphatic carbocycles. The zero-order chi connectivity index (χ0) is 46.5. The molecular formula is C55H100FNO2S. The Morgan fingerprint density at radius 3 is 1.78 bits per heavy atom. The van der Waals surface area contributed by atoms with Gasteiger partial charge in [0.2, 0.25) is 5.91 Å². The summed E-state index contributed by atoms with van der Waals surface area (Å²) in [5.41, 5.74) is 7.11. The molecule has 2 aromatic carbocycles. The standard InChI is InChI=1S/C32H49NOS.C8H9F.C6H14.4C2H6.CH4O/c1-21-19-22(2)30(23(3)20-21)35-33-29(34)11-8-10-25-13-15-27-26-14-12-24-9-6-7-17-31(24,4)28(26)16-18-32(25,27)5;1-6-3-4-8(9)5-7(6)2;1-3-5-6-4-2;5*1-2/h19-20,24-28H,6-18H2,1-5H3,(H,33,34);3-5H,1-2H3;3-6H2,1-2H3;4*1-2H3;2H,1H3. The van der Waals surface area contributed by atoms with Crippen LogP contribution in [0.4, 0.5) is 4.39 Å². The number of aliphatic hydroxyl groups is 1. The Kier molecular flexibility index (Phi) is 33.8. The van der Waals surface area contributed by atoms with Gasteiger partial charge in [-0.05, 0) is 186 Å².